The molecule has 1 aliphatic heterocycles. The summed E-state index contributed by atoms with van der Waals surface area (Å²) in [5.74, 6) is -0.560. The number of benzene rings is 1. The molecule has 6 heteroatoms. The second-order valence-electron chi connectivity index (χ2n) is 5.65. The minimum Gasteiger partial charge on any atom is -0.350 e. The molecule has 1 atom stereocenters. The van der Waals surface area contributed by atoms with Gasteiger partial charge in [-0.3, -0.25) is 14.9 Å². The first-order valence-corrected chi connectivity index (χ1v) is 7.54. The Hall–Kier alpha value is -1.59. The monoisotopic (exact) mass is 307 g/mol. The molecule has 112 valence electrons. The van der Waals surface area contributed by atoms with Gasteiger partial charge in [-0.2, -0.15) is 0 Å². The van der Waals surface area contributed by atoms with Gasteiger partial charge >= 0.3 is 0 Å². The van der Waals surface area contributed by atoms with Crippen molar-refractivity contribution in [3.8, 4) is 0 Å². The van der Waals surface area contributed by atoms with Crippen LogP contribution in [0.25, 0.3) is 0 Å². The van der Waals surface area contributed by atoms with Crippen LogP contribution in [0, 0.1) is 0 Å². The number of carbonyl (C=O) groups is 2. The van der Waals surface area contributed by atoms with Crippen LogP contribution >= 0.6 is 11.6 Å². The van der Waals surface area contributed by atoms with Gasteiger partial charge in [-0.25, -0.2) is 0 Å². The zero-order chi connectivity index (χ0) is 15.0. The summed E-state index contributed by atoms with van der Waals surface area (Å²) < 4.78 is 0. The van der Waals surface area contributed by atoms with E-state index < -0.39 is 0 Å². The highest BCUT2D eigenvalue weighted by Crippen LogP contribution is 2.27. The van der Waals surface area contributed by atoms with Crippen LogP contribution in [0.15, 0.2) is 18.2 Å². The molecule has 1 saturated heterocycles. The molecule has 21 heavy (non-hydrogen) atoms. The molecule has 5 nitrogen and oxygen atoms in total. The Bertz CT molecular complexity index is 586. The third-order valence-corrected chi connectivity index (χ3v) is 4.30. The van der Waals surface area contributed by atoms with Gasteiger partial charge in [0.05, 0.1) is 6.54 Å². The van der Waals surface area contributed by atoms with Crippen LogP contribution in [0.4, 0.5) is 5.69 Å². The molecular weight excluding hydrogens is 290 g/mol. The summed E-state index contributed by atoms with van der Waals surface area (Å²) in [7, 11) is 0. The quantitative estimate of drug-likeness (QED) is 0.827. The van der Waals surface area contributed by atoms with Crippen molar-refractivity contribution in [1.82, 2.24) is 10.6 Å². The van der Waals surface area contributed by atoms with Gasteiger partial charge in [-0.15, -0.1) is 0 Å². The standard InChI is InChI=1S/C15H18ClN3O2/c1-9-15(21)18-14(20)8-19(9)12-5-2-10(13(16)6-12)7-17-11-3-4-11/h2,5-6,9,11,17H,3-4,7-8H2,1H3,(H,18,20,21). The van der Waals surface area contributed by atoms with E-state index in [1.165, 1.54) is 12.8 Å². The van der Waals surface area contributed by atoms with Crippen molar-refractivity contribution in [3.63, 3.8) is 0 Å². The van der Waals surface area contributed by atoms with E-state index in [1.807, 2.05) is 18.2 Å². The number of imide groups is 1. The van der Waals surface area contributed by atoms with Crippen LogP contribution in [0.1, 0.15) is 25.3 Å². The van der Waals surface area contributed by atoms with Crippen molar-refractivity contribution in [2.45, 2.75) is 38.4 Å². The minimum absolute atomic E-state index is 0.170. The Morgan fingerprint density at radius 2 is 2.14 bits per heavy atom. The molecular formula is C15H18ClN3O2. The summed E-state index contributed by atoms with van der Waals surface area (Å²) in [5.41, 5.74) is 1.83. The molecule has 1 aromatic rings. The predicted octanol–water partition coefficient (Wildman–Crippen LogP) is 1.44. The van der Waals surface area contributed by atoms with E-state index in [-0.39, 0.29) is 24.4 Å². The molecule has 2 aliphatic rings. The van der Waals surface area contributed by atoms with E-state index in [2.05, 4.69) is 10.6 Å². The van der Waals surface area contributed by atoms with Gasteiger partial charge in [0, 0.05) is 23.3 Å². The molecule has 0 radical (unpaired) electrons. The molecule has 1 heterocycles. The molecule has 0 spiro atoms. The fourth-order valence-corrected chi connectivity index (χ4v) is 2.67. The van der Waals surface area contributed by atoms with Gasteiger partial charge in [0.1, 0.15) is 6.04 Å². The highest BCUT2D eigenvalue weighted by atomic mass is 35.5. The molecule has 1 aliphatic carbocycles. The lowest BCUT2D eigenvalue weighted by Gasteiger charge is -2.33. The van der Waals surface area contributed by atoms with Gasteiger partial charge in [-0.05, 0) is 37.5 Å². The fourth-order valence-electron chi connectivity index (χ4n) is 2.43. The van der Waals surface area contributed by atoms with E-state index in [0.717, 1.165) is 17.8 Å². The van der Waals surface area contributed by atoms with Crippen LogP contribution in [-0.2, 0) is 16.1 Å². The lowest BCUT2D eigenvalue weighted by molar-refractivity contribution is -0.132. The fraction of sp³-hybridized carbons (Fsp3) is 0.467. The normalized spacial score (nSPS) is 22.4. The zero-order valence-corrected chi connectivity index (χ0v) is 12.6. The minimum atomic E-state index is -0.380. The smallest absolute Gasteiger partial charge is 0.249 e. The van der Waals surface area contributed by atoms with Gasteiger partial charge in [0.25, 0.3) is 0 Å². The topological polar surface area (TPSA) is 61.4 Å². The number of piperazine rings is 1. The van der Waals surface area contributed by atoms with E-state index in [4.69, 9.17) is 11.6 Å². The van der Waals surface area contributed by atoms with Crippen molar-refractivity contribution >= 4 is 29.1 Å². The van der Waals surface area contributed by atoms with Crippen molar-refractivity contribution in [2.75, 3.05) is 11.4 Å². The highest BCUT2D eigenvalue weighted by Gasteiger charge is 2.30. The first-order valence-electron chi connectivity index (χ1n) is 7.17. The molecule has 0 aromatic heterocycles. The van der Waals surface area contributed by atoms with Crippen molar-refractivity contribution in [2.24, 2.45) is 0 Å². The summed E-state index contributed by atoms with van der Waals surface area (Å²) in [6, 6.07) is 5.95. The molecule has 1 saturated carbocycles. The Morgan fingerprint density at radius 3 is 2.81 bits per heavy atom. The number of nitrogens with one attached hydrogen (secondary N) is 2. The maximum absolute atomic E-state index is 11.7. The predicted molar refractivity (Wildman–Crippen MR) is 81.3 cm³/mol. The molecule has 2 N–H and O–H groups in total. The van der Waals surface area contributed by atoms with Crippen LogP contribution < -0.4 is 15.5 Å². The molecule has 3 rings (SSSR count). The zero-order valence-electron chi connectivity index (χ0n) is 11.9. The summed E-state index contributed by atoms with van der Waals surface area (Å²) in [5, 5.41) is 6.41. The number of hydrogen-bond donors (Lipinski definition) is 2. The van der Waals surface area contributed by atoms with Crippen molar-refractivity contribution < 1.29 is 9.59 Å². The molecule has 1 unspecified atom stereocenters. The van der Waals surface area contributed by atoms with Crippen LogP contribution in [0.2, 0.25) is 5.02 Å². The maximum Gasteiger partial charge on any atom is 0.249 e. The third kappa shape index (κ3) is 3.19. The average molecular weight is 308 g/mol. The number of halogens is 1. The summed E-state index contributed by atoms with van der Waals surface area (Å²) in [4.78, 5) is 25.0. The number of nitrogens with zero attached hydrogens (tertiary/aromatic N) is 1. The van der Waals surface area contributed by atoms with E-state index >= 15 is 0 Å². The number of rotatable bonds is 4. The van der Waals surface area contributed by atoms with Crippen molar-refractivity contribution in [1.29, 1.82) is 0 Å². The van der Waals surface area contributed by atoms with Crippen molar-refractivity contribution in [3.05, 3.63) is 28.8 Å². The summed E-state index contributed by atoms with van der Waals surface area (Å²) in [6.45, 7) is 2.69. The molecule has 0 bridgehead atoms. The Morgan fingerprint density at radius 1 is 1.38 bits per heavy atom. The second-order valence-corrected chi connectivity index (χ2v) is 6.05. The number of anilines is 1. The third-order valence-electron chi connectivity index (χ3n) is 3.95. The molecule has 2 fully saturated rings. The van der Waals surface area contributed by atoms with E-state index in [1.54, 1.807) is 11.8 Å². The summed E-state index contributed by atoms with van der Waals surface area (Å²) >= 11 is 6.32. The van der Waals surface area contributed by atoms with E-state index in [9.17, 15) is 9.59 Å². The molecule has 1 aromatic carbocycles. The van der Waals surface area contributed by atoms with Gasteiger partial charge in [-0.1, -0.05) is 17.7 Å². The second kappa shape index (κ2) is 5.66. The summed E-state index contributed by atoms with van der Waals surface area (Å²) in [6.07, 6.45) is 2.47. The van der Waals surface area contributed by atoms with Crippen LogP contribution in [0.3, 0.4) is 0 Å². The Labute approximate surface area is 128 Å². The Balaban J connectivity index is 1.76. The van der Waals surface area contributed by atoms with Crippen LogP contribution in [0.5, 0.6) is 0 Å². The number of carbonyl (C=O) groups excluding carboxylic acids is 2. The van der Waals surface area contributed by atoms with Gasteiger partial charge < -0.3 is 10.2 Å². The first kappa shape index (κ1) is 14.4. The largest absolute Gasteiger partial charge is 0.350 e. The average Bonchev–Trinajstić information content (AvgIpc) is 3.25. The van der Waals surface area contributed by atoms with Gasteiger partial charge in [0.15, 0.2) is 0 Å². The number of amides is 2. The van der Waals surface area contributed by atoms with E-state index in [0.29, 0.717) is 11.1 Å². The van der Waals surface area contributed by atoms with Gasteiger partial charge in [0.2, 0.25) is 11.8 Å². The number of hydrogen-bond acceptors (Lipinski definition) is 4. The molecule has 2 amide bonds. The first-order chi connectivity index (χ1) is 10.0. The highest BCUT2D eigenvalue weighted by molar-refractivity contribution is 6.31. The maximum atomic E-state index is 11.7. The van der Waals surface area contributed by atoms with Crippen LogP contribution in [-0.4, -0.2) is 30.4 Å². The Kier molecular flexibility index (Phi) is 3.87. The lowest BCUT2D eigenvalue weighted by Crippen LogP contribution is -2.57. The SMILES string of the molecule is CC1C(=O)NC(=O)CN1c1ccc(CNC2CC2)c(Cl)c1. The lowest BCUT2D eigenvalue weighted by atomic mass is 10.1.